The monoisotopic (exact) mass is 277 g/mol. The van der Waals surface area contributed by atoms with Gasteiger partial charge in [-0.3, -0.25) is 4.79 Å². The van der Waals surface area contributed by atoms with Crippen LogP contribution in [0.2, 0.25) is 5.02 Å². The summed E-state index contributed by atoms with van der Waals surface area (Å²) in [7, 11) is 0. The minimum atomic E-state index is -1.01. The Morgan fingerprint density at radius 1 is 1.64 bits per heavy atom. The second kappa shape index (κ2) is 4.77. The highest BCUT2D eigenvalue weighted by Gasteiger charge is 2.12. The summed E-state index contributed by atoms with van der Waals surface area (Å²) in [6, 6.07) is 4.38. The van der Waals surface area contributed by atoms with Gasteiger partial charge in [0.2, 0.25) is 0 Å². The molecule has 3 nitrogen and oxygen atoms in total. The summed E-state index contributed by atoms with van der Waals surface area (Å²) in [4.78, 5) is 10.5. The molecule has 3 N–H and O–H groups in total. The molecule has 76 valence electrons. The van der Waals surface area contributed by atoms with Gasteiger partial charge in [-0.05, 0) is 40.0 Å². The van der Waals surface area contributed by atoms with E-state index in [1.807, 2.05) is 0 Å². The lowest BCUT2D eigenvalue weighted by molar-refractivity contribution is -0.138. The van der Waals surface area contributed by atoms with Crippen molar-refractivity contribution in [3.05, 3.63) is 33.3 Å². The highest BCUT2D eigenvalue weighted by Crippen LogP contribution is 2.23. The molecule has 0 saturated carbocycles. The molecule has 0 aliphatic carbocycles. The van der Waals surface area contributed by atoms with Crippen molar-refractivity contribution in [2.45, 2.75) is 12.5 Å². The van der Waals surface area contributed by atoms with Gasteiger partial charge in [-0.25, -0.2) is 0 Å². The summed E-state index contributed by atoms with van der Waals surface area (Å²) in [5.74, 6) is -1.01. The van der Waals surface area contributed by atoms with Crippen molar-refractivity contribution in [1.82, 2.24) is 0 Å². The fourth-order valence-corrected chi connectivity index (χ4v) is 1.46. The predicted molar refractivity (Wildman–Crippen MR) is 58.5 cm³/mol. The highest BCUT2D eigenvalue weighted by molar-refractivity contribution is 9.10. The summed E-state index contributed by atoms with van der Waals surface area (Å²) in [5, 5.41) is 9.16. The zero-order valence-electron chi connectivity index (χ0n) is 7.21. The first kappa shape index (κ1) is 11.5. The Hall–Kier alpha value is -0.580. The summed E-state index contributed by atoms with van der Waals surface area (Å²) >= 11 is 9.09. The average Bonchev–Trinajstić information content (AvgIpc) is 2.11. The van der Waals surface area contributed by atoms with E-state index in [4.69, 9.17) is 22.4 Å². The first-order chi connectivity index (χ1) is 6.50. The number of aliphatic carboxylic acids is 1. The molecule has 0 aromatic heterocycles. The maximum Gasteiger partial charge on any atom is 0.320 e. The van der Waals surface area contributed by atoms with Crippen molar-refractivity contribution < 1.29 is 9.90 Å². The number of halogens is 2. The second-order valence-corrected chi connectivity index (χ2v) is 4.16. The van der Waals surface area contributed by atoms with Crippen LogP contribution in [0.1, 0.15) is 5.56 Å². The Morgan fingerprint density at radius 3 is 2.79 bits per heavy atom. The smallest absolute Gasteiger partial charge is 0.320 e. The van der Waals surface area contributed by atoms with Gasteiger partial charge in [-0.1, -0.05) is 17.7 Å². The normalized spacial score (nSPS) is 12.5. The van der Waals surface area contributed by atoms with Crippen molar-refractivity contribution in [3.8, 4) is 0 Å². The van der Waals surface area contributed by atoms with Crippen molar-refractivity contribution in [1.29, 1.82) is 0 Å². The number of hydrogen-bond donors (Lipinski definition) is 2. The zero-order chi connectivity index (χ0) is 10.7. The summed E-state index contributed by atoms with van der Waals surface area (Å²) in [5.41, 5.74) is 6.20. The molecule has 0 aliphatic heterocycles. The fourth-order valence-electron chi connectivity index (χ4n) is 1.01. The lowest BCUT2D eigenvalue weighted by Gasteiger charge is -2.06. The number of carboxylic acid groups (broad SMARTS) is 1. The number of carbonyl (C=O) groups is 1. The third-order valence-corrected chi connectivity index (χ3v) is 2.99. The van der Waals surface area contributed by atoms with Crippen LogP contribution in [0.4, 0.5) is 0 Å². The molecule has 0 aliphatic rings. The third-order valence-electron chi connectivity index (χ3n) is 1.76. The minimum Gasteiger partial charge on any atom is -0.480 e. The molecule has 0 unspecified atom stereocenters. The molecule has 0 saturated heterocycles. The van der Waals surface area contributed by atoms with E-state index in [0.29, 0.717) is 5.02 Å². The van der Waals surface area contributed by atoms with Crippen LogP contribution >= 0.6 is 27.5 Å². The van der Waals surface area contributed by atoms with E-state index in [1.54, 1.807) is 18.2 Å². The van der Waals surface area contributed by atoms with Crippen LogP contribution < -0.4 is 5.73 Å². The molecule has 0 bridgehead atoms. The minimum absolute atomic E-state index is 0.280. The van der Waals surface area contributed by atoms with Crippen LogP contribution in [-0.4, -0.2) is 17.1 Å². The number of hydrogen-bond acceptors (Lipinski definition) is 2. The quantitative estimate of drug-likeness (QED) is 0.889. The molecule has 0 spiro atoms. The van der Waals surface area contributed by atoms with Gasteiger partial charge in [0.15, 0.2) is 0 Å². The molecule has 0 heterocycles. The van der Waals surface area contributed by atoms with Gasteiger partial charge < -0.3 is 10.8 Å². The lowest BCUT2D eigenvalue weighted by Crippen LogP contribution is -2.32. The van der Waals surface area contributed by atoms with Crippen LogP contribution in [0, 0.1) is 0 Å². The number of rotatable bonds is 3. The molecule has 1 atom stereocenters. The predicted octanol–water partition coefficient (Wildman–Crippen LogP) is 2.06. The van der Waals surface area contributed by atoms with E-state index in [1.165, 1.54) is 0 Å². The van der Waals surface area contributed by atoms with Gasteiger partial charge in [0.05, 0.1) is 5.02 Å². The maximum absolute atomic E-state index is 10.5. The Balaban J connectivity index is 2.78. The largest absolute Gasteiger partial charge is 0.480 e. The van der Waals surface area contributed by atoms with Crippen LogP contribution in [0.3, 0.4) is 0 Å². The van der Waals surface area contributed by atoms with Gasteiger partial charge >= 0.3 is 5.97 Å². The third kappa shape index (κ3) is 2.97. The molecule has 14 heavy (non-hydrogen) atoms. The van der Waals surface area contributed by atoms with Crippen molar-refractivity contribution >= 4 is 33.5 Å². The van der Waals surface area contributed by atoms with E-state index < -0.39 is 12.0 Å². The van der Waals surface area contributed by atoms with E-state index in [2.05, 4.69) is 15.9 Å². The van der Waals surface area contributed by atoms with Crippen molar-refractivity contribution in [2.75, 3.05) is 0 Å². The van der Waals surface area contributed by atoms with E-state index in [0.717, 1.165) is 10.0 Å². The average molecular weight is 279 g/mol. The zero-order valence-corrected chi connectivity index (χ0v) is 9.55. The molecule has 5 heteroatoms. The molecular formula is C9H9BrClNO2. The van der Waals surface area contributed by atoms with E-state index in [-0.39, 0.29) is 6.42 Å². The summed E-state index contributed by atoms with van der Waals surface area (Å²) in [6.07, 6.45) is 0.280. The summed E-state index contributed by atoms with van der Waals surface area (Å²) < 4.78 is 0.784. The highest BCUT2D eigenvalue weighted by atomic mass is 79.9. The second-order valence-electron chi connectivity index (χ2n) is 2.90. The van der Waals surface area contributed by atoms with E-state index >= 15 is 0 Å². The molecule has 1 aromatic rings. The molecule has 0 radical (unpaired) electrons. The molecule has 0 amide bonds. The fraction of sp³-hybridized carbons (Fsp3) is 0.222. The SMILES string of the molecule is N[C@H](Cc1ccc(Br)c(Cl)c1)C(=O)O. The van der Waals surface area contributed by atoms with Gasteiger partial charge in [-0.15, -0.1) is 0 Å². The van der Waals surface area contributed by atoms with Crippen molar-refractivity contribution in [3.63, 3.8) is 0 Å². The standard InChI is InChI=1S/C9H9BrClNO2/c10-6-2-1-5(3-7(6)11)4-8(12)9(13)14/h1-3,8H,4,12H2,(H,13,14)/t8-/m1/s1. The first-order valence-corrected chi connectivity index (χ1v) is 5.10. The number of carboxylic acids is 1. The molecular weight excluding hydrogens is 269 g/mol. The van der Waals surface area contributed by atoms with Crippen LogP contribution in [-0.2, 0) is 11.2 Å². The first-order valence-electron chi connectivity index (χ1n) is 3.93. The summed E-state index contributed by atoms with van der Waals surface area (Å²) in [6.45, 7) is 0. The number of benzene rings is 1. The van der Waals surface area contributed by atoms with Crippen molar-refractivity contribution in [2.24, 2.45) is 5.73 Å². The molecule has 0 fully saturated rings. The Morgan fingerprint density at radius 2 is 2.29 bits per heavy atom. The van der Waals surface area contributed by atoms with Crippen LogP contribution in [0.25, 0.3) is 0 Å². The van der Waals surface area contributed by atoms with Gasteiger partial charge in [0, 0.05) is 4.47 Å². The topological polar surface area (TPSA) is 63.3 Å². The van der Waals surface area contributed by atoms with Gasteiger partial charge in [0.1, 0.15) is 6.04 Å². The van der Waals surface area contributed by atoms with Gasteiger partial charge in [-0.2, -0.15) is 0 Å². The van der Waals surface area contributed by atoms with Crippen LogP contribution in [0.15, 0.2) is 22.7 Å². The maximum atomic E-state index is 10.5. The lowest BCUT2D eigenvalue weighted by atomic mass is 10.1. The van der Waals surface area contributed by atoms with Crippen LogP contribution in [0.5, 0.6) is 0 Å². The van der Waals surface area contributed by atoms with Gasteiger partial charge in [0.25, 0.3) is 0 Å². The van der Waals surface area contributed by atoms with E-state index in [9.17, 15) is 4.79 Å². The Kier molecular flexibility index (Phi) is 3.92. The Bertz CT molecular complexity index is 357. The molecule has 1 rings (SSSR count). The Labute approximate surface area is 95.0 Å². The number of nitrogens with two attached hydrogens (primary N) is 1. The molecule has 1 aromatic carbocycles.